The van der Waals surface area contributed by atoms with Crippen LogP contribution in [-0.2, 0) is 0 Å². The number of hydrogen-bond acceptors (Lipinski definition) is 2. The van der Waals surface area contributed by atoms with Gasteiger partial charge in [-0.15, -0.1) is 24.0 Å². The van der Waals surface area contributed by atoms with Crippen molar-refractivity contribution in [1.29, 1.82) is 5.41 Å². The van der Waals surface area contributed by atoms with Crippen molar-refractivity contribution in [2.24, 2.45) is 5.73 Å². The van der Waals surface area contributed by atoms with Gasteiger partial charge in [0.15, 0.2) is 5.17 Å². The van der Waals surface area contributed by atoms with Crippen molar-refractivity contribution in [3.05, 3.63) is 0 Å². The van der Waals surface area contributed by atoms with Crippen LogP contribution in [0.5, 0.6) is 0 Å². The molecule has 0 atom stereocenters. The molecule has 0 aliphatic rings. The smallest absolute Gasteiger partial charge is 0.151 e. The quantitative estimate of drug-likeness (QED) is 0.442. The van der Waals surface area contributed by atoms with Gasteiger partial charge in [0.2, 0.25) is 0 Å². The van der Waals surface area contributed by atoms with E-state index in [2.05, 4.69) is 6.92 Å². The van der Waals surface area contributed by atoms with Crippen molar-refractivity contribution < 1.29 is 0 Å². The molecule has 0 aromatic carbocycles. The average molecular weight is 246 g/mol. The second kappa shape index (κ2) is 7.55. The first-order valence-corrected chi connectivity index (χ1v) is 3.22. The van der Waals surface area contributed by atoms with Crippen LogP contribution in [0.1, 0.15) is 13.3 Å². The molecule has 0 aliphatic heterocycles. The van der Waals surface area contributed by atoms with Gasteiger partial charge in [-0.05, 0) is 6.42 Å². The summed E-state index contributed by atoms with van der Waals surface area (Å²) in [6.07, 6.45) is 1.09. The molecule has 0 saturated carbocycles. The van der Waals surface area contributed by atoms with Crippen molar-refractivity contribution in [3.8, 4) is 0 Å². The minimum absolute atomic E-state index is 0. The molecule has 0 aromatic rings. The Bertz CT molecular complexity index is 67.1. The number of halogens is 1. The van der Waals surface area contributed by atoms with Crippen LogP contribution in [0.2, 0.25) is 0 Å². The zero-order valence-corrected chi connectivity index (χ0v) is 7.95. The lowest BCUT2D eigenvalue weighted by Crippen LogP contribution is -2.03. The van der Waals surface area contributed by atoms with Gasteiger partial charge in [0.05, 0.1) is 0 Å². The van der Waals surface area contributed by atoms with Crippen molar-refractivity contribution in [2.75, 3.05) is 5.75 Å². The van der Waals surface area contributed by atoms with Crippen LogP contribution in [0.3, 0.4) is 0 Å². The second-order valence-electron chi connectivity index (χ2n) is 1.21. The van der Waals surface area contributed by atoms with Gasteiger partial charge in [-0.1, -0.05) is 18.7 Å². The molecule has 8 heavy (non-hydrogen) atoms. The molecule has 0 radical (unpaired) electrons. The Kier molecular flexibility index (Phi) is 10.7. The third-order valence-electron chi connectivity index (χ3n) is 0.462. The van der Waals surface area contributed by atoms with E-state index >= 15 is 0 Å². The lowest BCUT2D eigenvalue weighted by molar-refractivity contribution is 1.11. The lowest BCUT2D eigenvalue weighted by Gasteiger charge is -1.90. The van der Waals surface area contributed by atoms with Gasteiger partial charge in [-0.3, -0.25) is 5.41 Å². The number of rotatable bonds is 2. The van der Waals surface area contributed by atoms with Gasteiger partial charge >= 0.3 is 0 Å². The van der Waals surface area contributed by atoms with E-state index in [1.807, 2.05) is 0 Å². The molecule has 0 bridgehead atoms. The minimum Gasteiger partial charge on any atom is -0.379 e. The highest BCUT2D eigenvalue weighted by Gasteiger charge is 1.84. The monoisotopic (exact) mass is 246 g/mol. The fraction of sp³-hybridized carbons (Fsp3) is 0.750. The first-order chi connectivity index (χ1) is 3.27. The summed E-state index contributed by atoms with van der Waals surface area (Å²) < 4.78 is 0. The molecule has 0 spiro atoms. The number of amidine groups is 1. The molecule has 0 aliphatic carbocycles. The van der Waals surface area contributed by atoms with E-state index in [0.29, 0.717) is 0 Å². The molecule has 3 N–H and O–H groups in total. The number of hydrogen-bond donors (Lipinski definition) is 2. The van der Waals surface area contributed by atoms with Gasteiger partial charge in [0.1, 0.15) is 0 Å². The van der Waals surface area contributed by atoms with Crippen LogP contribution >= 0.6 is 35.7 Å². The summed E-state index contributed by atoms with van der Waals surface area (Å²) in [5.74, 6) is 0.968. The SMILES string of the molecule is CCCSC(=N)N.I. The maximum atomic E-state index is 6.74. The number of nitrogens with two attached hydrogens (primary N) is 1. The maximum Gasteiger partial charge on any atom is 0.151 e. The Morgan fingerprint density at radius 2 is 2.25 bits per heavy atom. The van der Waals surface area contributed by atoms with Crippen LogP contribution in [0.15, 0.2) is 0 Å². The van der Waals surface area contributed by atoms with E-state index in [4.69, 9.17) is 11.1 Å². The predicted octanol–water partition coefficient (Wildman–Crippen LogP) is 1.64. The summed E-state index contributed by atoms with van der Waals surface area (Å²) in [5.41, 5.74) is 5.02. The van der Waals surface area contributed by atoms with Crippen molar-refractivity contribution in [1.82, 2.24) is 0 Å². The zero-order chi connectivity index (χ0) is 5.70. The minimum atomic E-state index is 0. The molecule has 0 heterocycles. The Labute approximate surface area is 71.1 Å². The average Bonchev–Trinajstić information content (AvgIpc) is 1.61. The largest absolute Gasteiger partial charge is 0.379 e. The van der Waals surface area contributed by atoms with E-state index in [1.165, 1.54) is 11.8 Å². The van der Waals surface area contributed by atoms with Crippen LogP contribution in [0, 0.1) is 5.41 Å². The molecule has 0 fully saturated rings. The standard InChI is InChI=1S/C4H10N2S.HI/c1-2-3-7-4(5)6;/h2-3H2,1H3,(H3,5,6);1H. The Balaban J connectivity index is 0. The zero-order valence-electron chi connectivity index (χ0n) is 4.81. The van der Waals surface area contributed by atoms with E-state index in [-0.39, 0.29) is 29.1 Å². The first kappa shape index (κ1) is 11.4. The molecule has 0 unspecified atom stereocenters. The summed E-state index contributed by atoms with van der Waals surface area (Å²) in [4.78, 5) is 0. The van der Waals surface area contributed by atoms with E-state index in [1.54, 1.807) is 0 Å². The third kappa shape index (κ3) is 9.75. The van der Waals surface area contributed by atoms with Crippen molar-refractivity contribution in [2.45, 2.75) is 13.3 Å². The van der Waals surface area contributed by atoms with Gasteiger partial charge in [-0.25, -0.2) is 0 Å². The molecule has 50 valence electrons. The fourth-order valence-electron chi connectivity index (χ4n) is 0.212. The molecule has 0 saturated heterocycles. The van der Waals surface area contributed by atoms with Crippen LogP contribution in [0.4, 0.5) is 0 Å². The lowest BCUT2D eigenvalue weighted by atomic mass is 10.6. The molecular formula is C4H11IN2S. The highest BCUT2D eigenvalue weighted by Crippen LogP contribution is 1.97. The summed E-state index contributed by atoms with van der Waals surface area (Å²) in [5, 5.41) is 6.96. The predicted molar refractivity (Wildman–Crippen MR) is 50.1 cm³/mol. The van der Waals surface area contributed by atoms with Crippen molar-refractivity contribution in [3.63, 3.8) is 0 Å². The van der Waals surface area contributed by atoms with Gasteiger partial charge in [0, 0.05) is 5.75 Å². The summed E-state index contributed by atoms with van der Waals surface area (Å²) >= 11 is 1.39. The number of thioether (sulfide) groups is 1. The molecular weight excluding hydrogens is 235 g/mol. The normalized spacial score (nSPS) is 7.62. The molecule has 0 aromatic heterocycles. The molecule has 0 rings (SSSR count). The molecule has 4 heteroatoms. The van der Waals surface area contributed by atoms with Gasteiger partial charge < -0.3 is 5.73 Å². The first-order valence-electron chi connectivity index (χ1n) is 2.24. The summed E-state index contributed by atoms with van der Waals surface area (Å²) in [7, 11) is 0. The van der Waals surface area contributed by atoms with Crippen LogP contribution in [0.25, 0.3) is 0 Å². The molecule has 2 nitrogen and oxygen atoms in total. The van der Waals surface area contributed by atoms with Gasteiger partial charge in [-0.2, -0.15) is 0 Å². The fourth-order valence-corrected chi connectivity index (χ4v) is 0.636. The van der Waals surface area contributed by atoms with E-state index in [0.717, 1.165) is 12.2 Å². The summed E-state index contributed by atoms with van der Waals surface area (Å²) in [6, 6.07) is 0. The Morgan fingerprint density at radius 3 is 2.38 bits per heavy atom. The van der Waals surface area contributed by atoms with E-state index < -0.39 is 0 Å². The second-order valence-corrected chi connectivity index (χ2v) is 2.35. The molecule has 0 amide bonds. The highest BCUT2D eigenvalue weighted by molar-refractivity contribution is 14.0. The van der Waals surface area contributed by atoms with Crippen LogP contribution < -0.4 is 5.73 Å². The summed E-state index contributed by atoms with van der Waals surface area (Å²) in [6.45, 7) is 2.07. The number of nitrogens with one attached hydrogen (secondary N) is 1. The highest BCUT2D eigenvalue weighted by atomic mass is 127. The van der Waals surface area contributed by atoms with Gasteiger partial charge in [0.25, 0.3) is 0 Å². The topological polar surface area (TPSA) is 49.9 Å². The maximum absolute atomic E-state index is 6.74. The Morgan fingerprint density at radius 1 is 1.75 bits per heavy atom. The third-order valence-corrected chi connectivity index (χ3v) is 1.39. The Hall–Kier alpha value is 0.550. The van der Waals surface area contributed by atoms with Crippen molar-refractivity contribution >= 4 is 40.9 Å². The van der Waals surface area contributed by atoms with Crippen LogP contribution in [-0.4, -0.2) is 10.9 Å². The van der Waals surface area contributed by atoms with E-state index in [9.17, 15) is 0 Å².